The smallest absolute Gasteiger partial charge is 0.309 e. The molecule has 0 unspecified atom stereocenters. The lowest BCUT2D eigenvalue weighted by atomic mass is 10.2. The molecule has 18 heavy (non-hydrogen) atoms. The van der Waals surface area contributed by atoms with Crippen LogP contribution in [0.3, 0.4) is 0 Å². The molecule has 0 spiro atoms. The van der Waals surface area contributed by atoms with Crippen LogP contribution in [0, 0.1) is 0 Å². The zero-order valence-corrected chi connectivity index (χ0v) is 11.5. The van der Waals surface area contributed by atoms with Gasteiger partial charge in [-0.15, -0.1) is 0 Å². The van der Waals surface area contributed by atoms with Crippen LogP contribution in [0.1, 0.15) is 19.4 Å². The molecule has 0 bridgehead atoms. The number of ether oxygens (including phenoxy) is 1. The standard InChI is InChI=1S/C12H17NO4S/c1-9(2)13-18(15,16)11-6-4-10(5-7-11)8-12(14)17-3/h4-7,9,13H,8H2,1-3H3. The Hall–Kier alpha value is -1.40. The molecule has 0 aliphatic rings. The van der Waals surface area contributed by atoms with Crippen molar-refractivity contribution in [1.29, 1.82) is 0 Å². The summed E-state index contributed by atoms with van der Waals surface area (Å²) in [5, 5.41) is 0. The summed E-state index contributed by atoms with van der Waals surface area (Å²) < 4.78 is 30.7. The molecule has 1 aromatic rings. The van der Waals surface area contributed by atoms with Crippen molar-refractivity contribution >= 4 is 16.0 Å². The van der Waals surface area contributed by atoms with Crippen LogP contribution in [0.25, 0.3) is 0 Å². The first-order valence-corrected chi connectivity index (χ1v) is 7.01. The number of esters is 1. The molecule has 0 aromatic heterocycles. The highest BCUT2D eigenvalue weighted by Crippen LogP contribution is 2.11. The fourth-order valence-corrected chi connectivity index (χ4v) is 2.65. The van der Waals surface area contributed by atoms with E-state index in [9.17, 15) is 13.2 Å². The largest absolute Gasteiger partial charge is 0.469 e. The van der Waals surface area contributed by atoms with Crippen LogP contribution in [-0.2, 0) is 26.0 Å². The second kappa shape index (κ2) is 5.97. The van der Waals surface area contributed by atoms with E-state index < -0.39 is 10.0 Å². The van der Waals surface area contributed by atoms with Crippen LogP contribution in [0.15, 0.2) is 29.2 Å². The summed E-state index contributed by atoms with van der Waals surface area (Å²) in [4.78, 5) is 11.2. The Balaban J connectivity index is 2.86. The zero-order valence-electron chi connectivity index (χ0n) is 10.6. The van der Waals surface area contributed by atoms with Crippen LogP contribution < -0.4 is 4.72 Å². The summed E-state index contributed by atoms with van der Waals surface area (Å²) in [6.45, 7) is 3.51. The van der Waals surface area contributed by atoms with E-state index in [1.54, 1.807) is 26.0 Å². The molecule has 0 heterocycles. The van der Waals surface area contributed by atoms with E-state index in [2.05, 4.69) is 9.46 Å². The average Bonchev–Trinajstić information content (AvgIpc) is 2.28. The van der Waals surface area contributed by atoms with E-state index in [1.165, 1.54) is 19.2 Å². The molecular formula is C12H17NO4S. The van der Waals surface area contributed by atoms with Gasteiger partial charge < -0.3 is 4.74 Å². The maximum atomic E-state index is 11.8. The van der Waals surface area contributed by atoms with Gasteiger partial charge in [-0.05, 0) is 31.5 Å². The van der Waals surface area contributed by atoms with Gasteiger partial charge in [0.25, 0.3) is 0 Å². The molecule has 0 atom stereocenters. The van der Waals surface area contributed by atoms with Gasteiger partial charge >= 0.3 is 5.97 Å². The predicted molar refractivity (Wildman–Crippen MR) is 67.6 cm³/mol. The van der Waals surface area contributed by atoms with E-state index in [-0.39, 0.29) is 23.3 Å². The quantitative estimate of drug-likeness (QED) is 0.814. The highest BCUT2D eigenvalue weighted by molar-refractivity contribution is 7.89. The second-order valence-corrected chi connectivity index (χ2v) is 5.89. The number of hydrogen-bond acceptors (Lipinski definition) is 4. The summed E-state index contributed by atoms with van der Waals surface area (Å²) in [5.41, 5.74) is 0.713. The van der Waals surface area contributed by atoms with Gasteiger partial charge in [0.05, 0.1) is 18.4 Å². The van der Waals surface area contributed by atoms with Crippen molar-refractivity contribution in [2.24, 2.45) is 0 Å². The predicted octanol–water partition coefficient (Wildman–Crippen LogP) is 1.09. The lowest BCUT2D eigenvalue weighted by Crippen LogP contribution is -2.30. The first-order valence-electron chi connectivity index (χ1n) is 5.53. The van der Waals surface area contributed by atoms with E-state index in [4.69, 9.17) is 0 Å². The summed E-state index contributed by atoms with van der Waals surface area (Å²) in [7, 11) is -2.16. The molecule has 0 aliphatic carbocycles. The first-order chi connectivity index (χ1) is 8.35. The van der Waals surface area contributed by atoms with Crippen LogP contribution in [0.5, 0.6) is 0 Å². The van der Waals surface area contributed by atoms with Crippen molar-refractivity contribution in [2.75, 3.05) is 7.11 Å². The van der Waals surface area contributed by atoms with Crippen LogP contribution in [-0.4, -0.2) is 27.5 Å². The van der Waals surface area contributed by atoms with Crippen LogP contribution in [0.4, 0.5) is 0 Å². The van der Waals surface area contributed by atoms with Crippen LogP contribution in [0.2, 0.25) is 0 Å². The lowest BCUT2D eigenvalue weighted by Gasteiger charge is -2.09. The third kappa shape index (κ3) is 4.12. The molecule has 1 N–H and O–H groups in total. The van der Waals surface area contributed by atoms with Crippen molar-refractivity contribution in [3.05, 3.63) is 29.8 Å². The lowest BCUT2D eigenvalue weighted by molar-refractivity contribution is -0.139. The van der Waals surface area contributed by atoms with Gasteiger partial charge in [0.2, 0.25) is 10.0 Å². The Kier molecular flexibility index (Phi) is 4.86. The molecule has 1 rings (SSSR count). The Bertz CT molecular complexity index is 505. The van der Waals surface area contributed by atoms with Gasteiger partial charge in [0.15, 0.2) is 0 Å². The van der Waals surface area contributed by atoms with Crippen molar-refractivity contribution in [2.45, 2.75) is 31.2 Å². The van der Waals surface area contributed by atoms with Gasteiger partial charge in [0.1, 0.15) is 0 Å². The summed E-state index contributed by atoms with van der Waals surface area (Å²) >= 11 is 0. The average molecular weight is 271 g/mol. The van der Waals surface area contributed by atoms with Crippen molar-refractivity contribution in [3.63, 3.8) is 0 Å². The van der Waals surface area contributed by atoms with Crippen molar-refractivity contribution in [3.8, 4) is 0 Å². The Morgan fingerprint density at radius 2 is 1.83 bits per heavy atom. The summed E-state index contributed by atoms with van der Waals surface area (Å²) in [6.07, 6.45) is 0.133. The molecule has 6 heteroatoms. The minimum atomic E-state index is -3.48. The number of rotatable bonds is 5. The van der Waals surface area contributed by atoms with E-state index in [1.807, 2.05) is 0 Å². The highest BCUT2D eigenvalue weighted by Gasteiger charge is 2.15. The highest BCUT2D eigenvalue weighted by atomic mass is 32.2. The molecule has 0 fully saturated rings. The number of sulfonamides is 1. The normalized spacial score (nSPS) is 11.6. The molecule has 0 saturated heterocycles. The maximum Gasteiger partial charge on any atom is 0.309 e. The number of methoxy groups -OCH3 is 1. The topological polar surface area (TPSA) is 72.5 Å². The third-order valence-corrected chi connectivity index (χ3v) is 3.88. The molecule has 1 aromatic carbocycles. The Morgan fingerprint density at radius 1 is 1.28 bits per heavy atom. The molecular weight excluding hydrogens is 254 g/mol. The van der Waals surface area contributed by atoms with E-state index in [0.717, 1.165) is 0 Å². The number of nitrogens with one attached hydrogen (secondary N) is 1. The minimum Gasteiger partial charge on any atom is -0.469 e. The fraction of sp³-hybridized carbons (Fsp3) is 0.417. The number of carbonyl (C=O) groups excluding carboxylic acids is 1. The Morgan fingerprint density at radius 3 is 2.28 bits per heavy atom. The number of hydrogen-bond donors (Lipinski definition) is 1. The second-order valence-electron chi connectivity index (χ2n) is 4.17. The molecule has 0 saturated carbocycles. The first kappa shape index (κ1) is 14.7. The van der Waals surface area contributed by atoms with E-state index >= 15 is 0 Å². The fourth-order valence-electron chi connectivity index (χ4n) is 1.40. The third-order valence-electron chi connectivity index (χ3n) is 2.20. The molecule has 100 valence electrons. The Labute approximate surface area is 107 Å². The molecule has 5 nitrogen and oxygen atoms in total. The van der Waals surface area contributed by atoms with Gasteiger partial charge in [-0.2, -0.15) is 0 Å². The zero-order chi connectivity index (χ0) is 13.8. The number of carbonyl (C=O) groups is 1. The monoisotopic (exact) mass is 271 g/mol. The van der Waals surface area contributed by atoms with Crippen molar-refractivity contribution < 1.29 is 17.9 Å². The van der Waals surface area contributed by atoms with Gasteiger partial charge in [0, 0.05) is 6.04 Å². The van der Waals surface area contributed by atoms with Crippen molar-refractivity contribution in [1.82, 2.24) is 4.72 Å². The van der Waals surface area contributed by atoms with Gasteiger partial charge in [-0.1, -0.05) is 12.1 Å². The minimum absolute atomic E-state index is 0.133. The maximum absolute atomic E-state index is 11.8. The van der Waals surface area contributed by atoms with Gasteiger partial charge in [-0.25, -0.2) is 13.1 Å². The van der Waals surface area contributed by atoms with E-state index in [0.29, 0.717) is 5.56 Å². The molecule has 0 radical (unpaired) electrons. The SMILES string of the molecule is COC(=O)Cc1ccc(S(=O)(=O)NC(C)C)cc1. The molecule has 0 amide bonds. The summed E-state index contributed by atoms with van der Waals surface area (Å²) in [6, 6.07) is 5.99. The molecule has 0 aliphatic heterocycles. The summed E-state index contributed by atoms with van der Waals surface area (Å²) in [5.74, 6) is -0.356. The van der Waals surface area contributed by atoms with Crippen LogP contribution >= 0.6 is 0 Å². The number of benzene rings is 1. The van der Waals surface area contributed by atoms with Gasteiger partial charge in [-0.3, -0.25) is 4.79 Å².